The standard InChI is InChI=1S/C14H15ClN4O/c1-10-6-2-3-7-11(10)20-14-17-12(15)16-13(18-14)19-8-4-5-9-19/h2-3,6-7H,4-5,8-9H2,1H3. The van der Waals surface area contributed by atoms with Gasteiger partial charge in [0.1, 0.15) is 5.75 Å². The van der Waals surface area contributed by atoms with Crippen molar-refractivity contribution in [2.75, 3.05) is 18.0 Å². The Kier molecular flexibility index (Phi) is 3.69. The summed E-state index contributed by atoms with van der Waals surface area (Å²) in [6.07, 6.45) is 2.30. The highest BCUT2D eigenvalue weighted by Crippen LogP contribution is 2.25. The van der Waals surface area contributed by atoms with Crippen molar-refractivity contribution in [1.82, 2.24) is 15.0 Å². The van der Waals surface area contributed by atoms with Gasteiger partial charge in [-0.2, -0.15) is 15.0 Å². The number of halogens is 1. The Bertz CT molecular complexity index is 614. The smallest absolute Gasteiger partial charge is 0.328 e. The lowest BCUT2D eigenvalue weighted by Crippen LogP contribution is -2.21. The first-order chi connectivity index (χ1) is 9.72. The average Bonchev–Trinajstić information content (AvgIpc) is 2.95. The molecule has 1 saturated heterocycles. The van der Waals surface area contributed by atoms with Gasteiger partial charge >= 0.3 is 6.01 Å². The lowest BCUT2D eigenvalue weighted by molar-refractivity contribution is 0.436. The number of hydrogen-bond donors (Lipinski definition) is 0. The third kappa shape index (κ3) is 2.82. The van der Waals surface area contributed by atoms with Crippen LogP contribution >= 0.6 is 11.6 Å². The molecule has 0 amide bonds. The summed E-state index contributed by atoms with van der Waals surface area (Å²) in [5.74, 6) is 1.31. The number of benzene rings is 1. The van der Waals surface area contributed by atoms with Gasteiger partial charge in [-0.1, -0.05) is 18.2 Å². The van der Waals surface area contributed by atoms with Crippen LogP contribution in [0.4, 0.5) is 5.95 Å². The van der Waals surface area contributed by atoms with Crippen molar-refractivity contribution in [3.63, 3.8) is 0 Å². The number of ether oxygens (including phenoxy) is 1. The Morgan fingerprint density at radius 1 is 1.10 bits per heavy atom. The summed E-state index contributed by atoms with van der Waals surface area (Å²) in [6.45, 7) is 3.87. The third-order valence-electron chi connectivity index (χ3n) is 3.26. The molecule has 0 bridgehead atoms. The molecule has 20 heavy (non-hydrogen) atoms. The summed E-state index contributed by atoms with van der Waals surface area (Å²) in [5, 5.41) is 0.158. The number of aryl methyl sites for hydroxylation is 1. The van der Waals surface area contributed by atoms with Crippen molar-refractivity contribution in [2.45, 2.75) is 19.8 Å². The fourth-order valence-corrected chi connectivity index (χ4v) is 2.34. The second kappa shape index (κ2) is 5.63. The zero-order valence-corrected chi connectivity index (χ0v) is 12.0. The van der Waals surface area contributed by atoms with Gasteiger partial charge in [-0.25, -0.2) is 0 Å². The van der Waals surface area contributed by atoms with Crippen molar-refractivity contribution in [1.29, 1.82) is 0 Å². The highest BCUT2D eigenvalue weighted by molar-refractivity contribution is 6.28. The van der Waals surface area contributed by atoms with Crippen molar-refractivity contribution < 1.29 is 4.74 Å². The Morgan fingerprint density at radius 3 is 2.60 bits per heavy atom. The van der Waals surface area contributed by atoms with Gasteiger partial charge in [0.2, 0.25) is 11.2 Å². The van der Waals surface area contributed by atoms with Gasteiger partial charge < -0.3 is 9.64 Å². The third-order valence-corrected chi connectivity index (χ3v) is 3.43. The minimum absolute atomic E-state index is 0.158. The number of anilines is 1. The molecule has 3 rings (SSSR count). The normalized spacial score (nSPS) is 14.6. The van der Waals surface area contributed by atoms with E-state index in [-0.39, 0.29) is 11.3 Å². The van der Waals surface area contributed by atoms with Crippen LogP contribution in [0.3, 0.4) is 0 Å². The predicted molar refractivity (Wildman–Crippen MR) is 77.5 cm³/mol. The van der Waals surface area contributed by atoms with E-state index in [2.05, 4.69) is 19.9 Å². The first kappa shape index (κ1) is 13.1. The van der Waals surface area contributed by atoms with E-state index in [0.717, 1.165) is 37.2 Å². The molecule has 1 aliphatic heterocycles. The van der Waals surface area contributed by atoms with Crippen LogP contribution in [-0.2, 0) is 0 Å². The molecule has 0 aliphatic carbocycles. The zero-order chi connectivity index (χ0) is 13.9. The van der Waals surface area contributed by atoms with Gasteiger partial charge in [0.15, 0.2) is 0 Å². The molecular weight excluding hydrogens is 276 g/mol. The molecule has 104 valence electrons. The molecule has 0 saturated carbocycles. The van der Waals surface area contributed by atoms with E-state index in [9.17, 15) is 0 Å². The van der Waals surface area contributed by atoms with Gasteiger partial charge in [0, 0.05) is 13.1 Å². The summed E-state index contributed by atoms with van der Waals surface area (Å²) >= 11 is 5.97. The van der Waals surface area contributed by atoms with Gasteiger partial charge in [-0.3, -0.25) is 0 Å². The van der Waals surface area contributed by atoms with E-state index < -0.39 is 0 Å². The minimum atomic E-state index is 0.158. The van der Waals surface area contributed by atoms with Crippen LogP contribution in [0.1, 0.15) is 18.4 Å². The molecule has 0 N–H and O–H groups in total. The summed E-state index contributed by atoms with van der Waals surface area (Å²) in [7, 11) is 0. The lowest BCUT2D eigenvalue weighted by Gasteiger charge is -2.15. The number of aromatic nitrogens is 3. The molecule has 0 spiro atoms. The Labute approximate surface area is 122 Å². The molecule has 6 heteroatoms. The maximum atomic E-state index is 5.97. The predicted octanol–water partition coefficient (Wildman–Crippen LogP) is 3.23. The van der Waals surface area contributed by atoms with Crippen LogP contribution in [0.15, 0.2) is 24.3 Å². The number of hydrogen-bond acceptors (Lipinski definition) is 5. The first-order valence-corrected chi connectivity index (χ1v) is 7.00. The van der Waals surface area contributed by atoms with E-state index in [1.54, 1.807) is 0 Å². The lowest BCUT2D eigenvalue weighted by atomic mass is 10.2. The largest absolute Gasteiger partial charge is 0.424 e. The quantitative estimate of drug-likeness (QED) is 0.868. The molecule has 0 unspecified atom stereocenters. The average molecular weight is 291 g/mol. The minimum Gasteiger partial charge on any atom is -0.424 e. The summed E-state index contributed by atoms with van der Waals surface area (Å²) < 4.78 is 5.72. The summed E-state index contributed by atoms with van der Waals surface area (Å²) in [4.78, 5) is 14.6. The number of rotatable bonds is 3. The molecule has 2 heterocycles. The molecule has 0 radical (unpaired) electrons. The number of nitrogens with zero attached hydrogens (tertiary/aromatic N) is 4. The summed E-state index contributed by atoms with van der Waals surface area (Å²) in [5.41, 5.74) is 1.02. The zero-order valence-electron chi connectivity index (χ0n) is 11.2. The van der Waals surface area contributed by atoms with Crippen LogP contribution in [0.2, 0.25) is 5.28 Å². The van der Waals surface area contributed by atoms with Gasteiger partial charge in [-0.15, -0.1) is 0 Å². The molecule has 5 nitrogen and oxygen atoms in total. The van der Waals surface area contributed by atoms with E-state index in [0.29, 0.717) is 5.95 Å². The monoisotopic (exact) mass is 290 g/mol. The van der Waals surface area contributed by atoms with Crippen LogP contribution in [0.5, 0.6) is 11.8 Å². The Balaban J connectivity index is 1.88. The van der Waals surface area contributed by atoms with E-state index >= 15 is 0 Å². The molecule has 2 aromatic rings. The second-order valence-corrected chi connectivity index (χ2v) is 5.09. The SMILES string of the molecule is Cc1ccccc1Oc1nc(Cl)nc(N2CCCC2)n1. The fourth-order valence-electron chi connectivity index (χ4n) is 2.20. The Hall–Kier alpha value is -1.88. The maximum Gasteiger partial charge on any atom is 0.328 e. The van der Waals surface area contributed by atoms with Crippen molar-refractivity contribution in [2.24, 2.45) is 0 Å². The summed E-state index contributed by atoms with van der Waals surface area (Å²) in [6, 6.07) is 7.95. The molecule has 1 aromatic heterocycles. The van der Waals surface area contributed by atoms with Crippen molar-refractivity contribution in [3.05, 3.63) is 35.1 Å². The van der Waals surface area contributed by atoms with Gasteiger partial charge in [-0.05, 0) is 43.0 Å². The number of para-hydroxylation sites is 1. The van der Waals surface area contributed by atoms with Crippen molar-refractivity contribution >= 4 is 17.5 Å². The van der Waals surface area contributed by atoms with Gasteiger partial charge in [0.25, 0.3) is 0 Å². The van der Waals surface area contributed by atoms with Crippen molar-refractivity contribution in [3.8, 4) is 11.8 Å². The van der Waals surface area contributed by atoms with Crippen LogP contribution in [0, 0.1) is 6.92 Å². The Morgan fingerprint density at radius 2 is 1.85 bits per heavy atom. The second-order valence-electron chi connectivity index (χ2n) is 4.75. The van der Waals surface area contributed by atoms with Crippen LogP contribution in [0.25, 0.3) is 0 Å². The molecule has 0 atom stereocenters. The molecule has 1 aromatic carbocycles. The molecular formula is C14H15ClN4O. The molecule has 1 fully saturated rings. The maximum absolute atomic E-state index is 5.97. The molecule has 1 aliphatic rings. The first-order valence-electron chi connectivity index (χ1n) is 6.62. The topological polar surface area (TPSA) is 51.1 Å². The van der Waals surface area contributed by atoms with E-state index in [1.165, 1.54) is 0 Å². The highest BCUT2D eigenvalue weighted by Gasteiger charge is 2.17. The highest BCUT2D eigenvalue weighted by atomic mass is 35.5. The fraction of sp³-hybridized carbons (Fsp3) is 0.357. The van der Waals surface area contributed by atoms with Crippen LogP contribution in [-0.4, -0.2) is 28.0 Å². The van der Waals surface area contributed by atoms with E-state index in [1.807, 2.05) is 31.2 Å². The van der Waals surface area contributed by atoms with E-state index in [4.69, 9.17) is 16.3 Å². The van der Waals surface area contributed by atoms with Crippen LogP contribution < -0.4 is 9.64 Å². The van der Waals surface area contributed by atoms with Gasteiger partial charge in [0.05, 0.1) is 0 Å².